The van der Waals surface area contributed by atoms with Gasteiger partial charge < -0.3 is 10.1 Å². The van der Waals surface area contributed by atoms with Gasteiger partial charge in [0.25, 0.3) is 0 Å². The van der Waals surface area contributed by atoms with E-state index < -0.39 is 34.3 Å². The molecule has 1 rings (SSSR count). The molecular weight excluding hydrogens is 383 g/mol. The van der Waals surface area contributed by atoms with Crippen LogP contribution in [0.15, 0.2) is 18.2 Å². The van der Waals surface area contributed by atoms with Crippen molar-refractivity contribution in [3.05, 3.63) is 23.2 Å². The summed E-state index contributed by atoms with van der Waals surface area (Å²) in [6, 6.07) is 3.65. The van der Waals surface area contributed by atoms with E-state index in [-0.39, 0.29) is 22.2 Å². The van der Waals surface area contributed by atoms with E-state index in [1.807, 2.05) is 6.92 Å². The van der Waals surface area contributed by atoms with Crippen LogP contribution in [0, 0.1) is 0 Å². The fourth-order valence-corrected chi connectivity index (χ4v) is 3.35. The average molecular weight is 402 g/mol. The minimum absolute atomic E-state index is 0.120. The second kappa shape index (κ2) is 9.28. The molecule has 0 saturated carbocycles. The normalized spacial score (nSPS) is 12.0. The molecule has 0 aliphatic heterocycles. The number of benzene rings is 1. The fourth-order valence-electron chi connectivity index (χ4n) is 1.92. The van der Waals surface area contributed by atoms with Crippen LogP contribution in [0.3, 0.4) is 0 Å². The number of ether oxygens (including phenoxy) is 1. The van der Waals surface area contributed by atoms with Crippen molar-refractivity contribution in [3.8, 4) is 5.75 Å². The lowest BCUT2D eigenvalue weighted by Gasteiger charge is -2.14. The van der Waals surface area contributed by atoms with Gasteiger partial charge >= 0.3 is 6.18 Å². The molecule has 1 aromatic rings. The van der Waals surface area contributed by atoms with Gasteiger partial charge in [0.1, 0.15) is 11.5 Å². The molecule has 0 aromatic heterocycles. The summed E-state index contributed by atoms with van der Waals surface area (Å²) in [5, 5.41) is 2.39. The summed E-state index contributed by atoms with van der Waals surface area (Å²) in [6.07, 6.45) is -2.54. The predicted molar refractivity (Wildman–Crippen MR) is 89.8 cm³/mol. The van der Waals surface area contributed by atoms with Crippen molar-refractivity contribution in [1.29, 1.82) is 0 Å². The van der Waals surface area contributed by atoms with E-state index in [1.165, 1.54) is 18.2 Å². The molecule has 0 fully saturated rings. The first kappa shape index (κ1) is 21.6. The van der Waals surface area contributed by atoms with E-state index in [4.69, 9.17) is 11.6 Å². The molecule has 25 heavy (non-hydrogen) atoms. The Morgan fingerprint density at radius 1 is 1.28 bits per heavy atom. The number of carbonyl (C=O) groups is 1. The molecule has 1 amide bonds. The van der Waals surface area contributed by atoms with Crippen LogP contribution in [0.25, 0.3) is 0 Å². The van der Waals surface area contributed by atoms with Gasteiger partial charge in [-0.15, -0.1) is 0 Å². The monoisotopic (exact) mass is 401 g/mol. The van der Waals surface area contributed by atoms with Gasteiger partial charge in [0.15, 0.2) is 16.4 Å². The number of rotatable bonds is 9. The summed E-state index contributed by atoms with van der Waals surface area (Å²) in [5.41, 5.74) is -0.120. The molecule has 10 heteroatoms. The third-order valence-corrected chi connectivity index (χ3v) is 4.86. The van der Waals surface area contributed by atoms with Crippen LogP contribution >= 0.6 is 11.6 Å². The lowest BCUT2D eigenvalue weighted by Crippen LogP contribution is -2.25. The van der Waals surface area contributed by atoms with E-state index in [9.17, 15) is 26.4 Å². The number of amides is 1. The van der Waals surface area contributed by atoms with Gasteiger partial charge in [0.05, 0.1) is 11.4 Å². The van der Waals surface area contributed by atoms with Gasteiger partial charge in [-0.25, -0.2) is 8.42 Å². The fraction of sp³-hybridized carbons (Fsp3) is 0.533. The molecule has 0 bridgehead atoms. The maximum atomic E-state index is 12.3. The van der Waals surface area contributed by atoms with Crippen molar-refractivity contribution in [2.45, 2.75) is 32.4 Å². The van der Waals surface area contributed by atoms with E-state index in [0.29, 0.717) is 6.42 Å². The molecule has 0 atom stereocenters. The molecular formula is C15H19ClF3NO4S. The van der Waals surface area contributed by atoms with Crippen molar-refractivity contribution in [2.75, 3.05) is 23.4 Å². The summed E-state index contributed by atoms with van der Waals surface area (Å²) >= 11 is 5.76. The minimum atomic E-state index is -4.55. The van der Waals surface area contributed by atoms with E-state index >= 15 is 0 Å². The van der Waals surface area contributed by atoms with Crippen LogP contribution in [0.2, 0.25) is 5.02 Å². The minimum Gasteiger partial charge on any atom is -0.482 e. The summed E-state index contributed by atoms with van der Waals surface area (Å²) in [4.78, 5) is 11.9. The lowest BCUT2D eigenvalue weighted by molar-refractivity contribution is -0.153. The molecule has 0 aliphatic carbocycles. The summed E-state index contributed by atoms with van der Waals surface area (Å²) in [5.74, 6) is -2.00. The maximum Gasteiger partial charge on any atom is 0.422 e. The number of hydrogen-bond acceptors (Lipinski definition) is 4. The third kappa shape index (κ3) is 8.97. The van der Waals surface area contributed by atoms with Crippen molar-refractivity contribution in [3.63, 3.8) is 0 Å². The van der Waals surface area contributed by atoms with Crippen LogP contribution < -0.4 is 10.1 Å². The highest BCUT2D eigenvalue weighted by Gasteiger charge is 2.29. The number of nitrogens with one attached hydrogen (secondary N) is 1. The molecule has 0 heterocycles. The molecule has 0 spiro atoms. The van der Waals surface area contributed by atoms with Crippen LogP contribution in [0.1, 0.15) is 26.2 Å². The Bertz CT molecular complexity index is 693. The smallest absolute Gasteiger partial charge is 0.422 e. The van der Waals surface area contributed by atoms with Gasteiger partial charge in [-0.1, -0.05) is 31.4 Å². The van der Waals surface area contributed by atoms with Crippen molar-refractivity contribution >= 4 is 33.0 Å². The Morgan fingerprint density at radius 2 is 1.96 bits per heavy atom. The lowest BCUT2D eigenvalue weighted by atomic mass is 10.3. The first-order chi connectivity index (χ1) is 11.5. The highest BCUT2D eigenvalue weighted by Crippen LogP contribution is 2.29. The molecule has 0 saturated heterocycles. The van der Waals surface area contributed by atoms with Crippen molar-refractivity contribution < 1.29 is 31.1 Å². The number of alkyl halides is 3. The first-order valence-electron chi connectivity index (χ1n) is 7.52. The highest BCUT2D eigenvalue weighted by molar-refractivity contribution is 7.92. The van der Waals surface area contributed by atoms with Crippen LogP contribution in [-0.2, 0) is 14.6 Å². The SMILES string of the molecule is CCCCCS(=O)(=O)CC(=O)Nc1cc(Cl)ccc1OCC(F)(F)F. The van der Waals surface area contributed by atoms with Crippen LogP contribution in [0.5, 0.6) is 5.75 Å². The van der Waals surface area contributed by atoms with Crippen molar-refractivity contribution in [2.24, 2.45) is 0 Å². The molecule has 1 aromatic carbocycles. The van der Waals surface area contributed by atoms with Gasteiger partial charge in [-0.3, -0.25) is 4.79 Å². The molecule has 5 nitrogen and oxygen atoms in total. The maximum absolute atomic E-state index is 12.3. The zero-order chi connectivity index (χ0) is 19.1. The number of unbranched alkanes of at least 4 members (excludes halogenated alkanes) is 2. The average Bonchev–Trinajstić information content (AvgIpc) is 2.44. The van der Waals surface area contributed by atoms with E-state index in [2.05, 4.69) is 10.1 Å². The molecule has 142 valence electrons. The van der Waals surface area contributed by atoms with Gasteiger partial charge in [-0.2, -0.15) is 13.2 Å². The number of anilines is 1. The quantitative estimate of drug-likeness (QED) is 0.638. The topological polar surface area (TPSA) is 72.5 Å². The van der Waals surface area contributed by atoms with E-state index in [0.717, 1.165) is 12.8 Å². The summed E-state index contributed by atoms with van der Waals surface area (Å²) < 4.78 is 65.1. The zero-order valence-electron chi connectivity index (χ0n) is 13.5. The number of halogens is 4. The second-order valence-electron chi connectivity index (χ2n) is 5.39. The Morgan fingerprint density at radius 3 is 2.56 bits per heavy atom. The number of sulfone groups is 1. The Hall–Kier alpha value is -1.48. The molecule has 0 aliphatic rings. The first-order valence-corrected chi connectivity index (χ1v) is 9.72. The predicted octanol–water partition coefficient (Wildman–Crippen LogP) is 3.82. The van der Waals surface area contributed by atoms with Crippen LogP contribution in [0.4, 0.5) is 18.9 Å². The second-order valence-corrected chi connectivity index (χ2v) is 8.01. The molecule has 1 N–H and O–H groups in total. The standard InChI is InChI=1S/C15H19ClF3NO4S/c1-2-3-4-7-25(22,23)9-14(21)20-12-8-11(16)5-6-13(12)24-10-15(17,18)19/h5-6,8H,2-4,7,9-10H2,1H3,(H,20,21). The highest BCUT2D eigenvalue weighted by atomic mass is 35.5. The molecule has 0 radical (unpaired) electrons. The Labute approximate surface area is 149 Å². The van der Waals surface area contributed by atoms with E-state index in [1.54, 1.807) is 0 Å². The summed E-state index contributed by atoms with van der Waals surface area (Å²) in [6.45, 7) is 0.369. The zero-order valence-corrected chi connectivity index (χ0v) is 15.1. The molecule has 0 unspecified atom stereocenters. The van der Waals surface area contributed by atoms with Crippen LogP contribution in [-0.4, -0.2) is 38.6 Å². The van der Waals surface area contributed by atoms with Gasteiger partial charge in [0, 0.05) is 5.02 Å². The third-order valence-electron chi connectivity index (χ3n) is 3.02. The number of hydrogen-bond donors (Lipinski definition) is 1. The van der Waals surface area contributed by atoms with Gasteiger partial charge in [0.2, 0.25) is 5.91 Å². The Kier molecular flexibility index (Phi) is 8.01. The Balaban J connectivity index is 2.77. The summed E-state index contributed by atoms with van der Waals surface area (Å²) in [7, 11) is -3.60. The van der Waals surface area contributed by atoms with Gasteiger partial charge in [-0.05, 0) is 24.6 Å². The van der Waals surface area contributed by atoms with Crippen molar-refractivity contribution in [1.82, 2.24) is 0 Å². The number of carbonyl (C=O) groups excluding carboxylic acids is 1. The largest absolute Gasteiger partial charge is 0.482 e.